The monoisotopic (exact) mass is 476 g/mol. The van der Waals surface area contributed by atoms with Gasteiger partial charge in [0, 0.05) is 23.5 Å². The fourth-order valence-electron chi connectivity index (χ4n) is 3.89. The van der Waals surface area contributed by atoms with Crippen molar-refractivity contribution in [1.82, 2.24) is 10.2 Å². The Bertz CT molecular complexity index is 1120. The van der Waals surface area contributed by atoms with Crippen molar-refractivity contribution in [3.8, 4) is 0 Å². The molecule has 0 heterocycles. The molecule has 0 aliphatic heterocycles. The normalized spacial score (nSPS) is 12.1. The third kappa shape index (κ3) is 7.19. The molecule has 1 N–H and O–H groups in total. The minimum absolute atomic E-state index is 0.112. The van der Waals surface area contributed by atoms with E-state index in [1.54, 1.807) is 4.90 Å². The first-order chi connectivity index (χ1) is 16.1. The van der Waals surface area contributed by atoms with Crippen LogP contribution in [0.2, 0.25) is 5.02 Å². The molecule has 1 atom stereocenters. The maximum absolute atomic E-state index is 13.8. The highest BCUT2D eigenvalue weighted by atomic mass is 35.5. The van der Waals surface area contributed by atoms with E-state index in [9.17, 15) is 9.59 Å². The van der Waals surface area contributed by atoms with Crippen LogP contribution in [0.1, 0.15) is 43.0 Å². The Morgan fingerprint density at radius 1 is 0.882 bits per heavy atom. The van der Waals surface area contributed by atoms with Gasteiger partial charge in [-0.25, -0.2) is 0 Å². The number of benzene rings is 3. The van der Waals surface area contributed by atoms with Gasteiger partial charge in [0.2, 0.25) is 11.8 Å². The van der Waals surface area contributed by atoms with Gasteiger partial charge in [-0.05, 0) is 56.0 Å². The van der Waals surface area contributed by atoms with Gasteiger partial charge >= 0.3 is 0 Å². The maximum atomic E-state index is 13.8. The zero-order valence-electron chi connectivity index (χ0n) is 20.3. The average molecular weight is 477 g/mol. The van der Waals surface area contributed by atoms with E-state index >= 15 is 0 Å². The van der Waals surface area contributed by atoms with Gasteiger partial charge in [-0.3, -0.25) is 9.59 Å². The van der Waals surface area contributed by atoms with Gasteiger partial charge in [0.25, 0.3) is 0 Å². The summed E-state index contributed by atoms with van der Waals surface area (Å²) in [5.74, 6) is -0.291. The number of nitrogens with one attached hydrogen (secondary N) is 1. The molecule has 0 saturated carbocycles. The summed E-state index contributed by atoms with van der Waals surface area (Å²) in [7, 11) is 0. The van der Waals surface area contributed by atoms with Crippen LogP contribution in [0.4, 0.5) is 0 Å². The van der Waals surface area contributed by atoms with E-state index in [1.807, 2.05) is 107 Å². The summed E-state index contributed by atoms with van der Waals surface area (Å²) in [6, 6.07) is 24.4. The molecular formula is C29H33ClN2O2. The number of rotatable bonds is 8. The summed E-state index contributed by atoms with van der Waals surface area (Å²) >= 11 is 6.47. The first kappa shape index (κ1) is 25.5. The van der Waals surface area contributed by atoms with Crippen LogP contribution < -0.4 is 5.32 Å². The minimum atomic E-state index is -0.686. The van der Waals surface area contributed by atoms with Gasteiger partial charge in [0.05, 0.1) is 6.42 Å². The molecule has 34 heavy (non-hydrogen) atoms. The number of amides is 2. The molecule has 178 valence electrons. The fourth-order valence-corrected chi connectivity index (χ4v) is 4.09. The van der Waals surface area contributed by atoms with Crippen LogP contribution in [0.15, 0.2) is 78.9 Å². The molecule has 0 radical (unpaired) electrons. The highest BCUT2D eigenvalue weighted by molar-refractivity contribution is 6.31. The van der Waals surface area contributed by atoms with Crippen LogP contribution in [0, 0.1) is 6.92 Å². The van der Waals surface area contributed by atoms with Crippen LogP contribution in [0.3, 0.4) is 0 Å². The van der Waals surface area contributed by atoms with Crippen molar-refractivity contribution in [2.75, 3.05) is 0 Å². The number of aryl methyl sites for hydroxylation is 1. The van der Waals surface area contributed by atoms with Gasteiger partial charge < -0.3 is 10.2 Å². The van der Waals surface area contributed by atoms with Crippen molar-refractivity contribution in [2.45, 2.75) is 58.7 Å². The SMILES string of the molecule is Cc1ccccc1CC(=O)N(Cc1ccccc1Cl)[C@H](Cc1ccccc1)C(=O)NC(C)(C)C. The molecule has 0 aliphatic rings. The molecule has 5 heteroatoms. The molecule has 2 amide bonds. The molecule has 3 rings (SSSR count). The number of halogens is 1. The summed E-state index contributed by atoms with van der Waals surface area (Å²) in [6.07, 6.45) is 0.623. The van der Waals surface area contributed by atoms with Gasteiger partial charge in [-0.1, -0.05) is 84.4 Å². The predicted molar refractivity (Wildman–Crippen MR) is 139 cm³/mol. The molecule has 0 aliphatic carbocycles. The maximum Gasteiger partial charge on any atom is 0.243 e. The number of carbonyl (C=O) groups is 2. The van der Waals surface area contributed by atoms with E-state index in [4.69, 9.17) is 11.6 Å². The summed E-state index contributed by atoms with van der Waals surface area (Å²) < 4.78 is 0. The van der Waals surface area contributed by atoms with Crippen molar-refractivity contribution >= 4 is 23.4 Å². The Hall–Kier alpha value is -3.11. The van der Waals surface area contributed by atoms with Crippen LogP contribution in [0.25, 0.3) is 0 Å². The lowest BCUT2D eigenvalue weighted by Gasteiger charge is -2.34. The van der Waals surface area contributed by atoms with E-state index in [0.717, 1.165) is 22.3 Å². The zero-order chi connectivity index (χ0) is 24.7. The number of nitrogens with zero attached hydrogens (tertiary/aromatic N) is 1. The van der Waals surface area contributed by atoms with E-state index in [1.165, 1.54) is 0 Å². The Morgan fingerprint density at radius 3 is 2.09 bits per heavy atom. The molecule has 4 nitrogen and oxygen atoms in total. The summed E-state index contributed by atoms with van der Waals surface area (Å²) in [5, 5.41) is 3.66. The van der Waals surface area contributed by atoms with Crippen LogP contribution in [0.5, 0.6) is 0 Å². The molecular weight excluding hydrogens is 444 g/mol. The van der Waals surface area contributed by atoms with Crippen molar-refractivity contribution in [3.05, 3.63) is 106 Å². The molecule has 0 spiro atoms. The number of carbonyl (C=O) groups excluding carboxylic acids is 2. The fraction of sp³-hybridized carbons (Fsp3) is 0.310. The zero-order valence-corrected chi connectivity index (χ0v) is 21.1. The molecule has 3 aromatic carbocycles. The Morgan fingerprint density at radius 2 is 1.47 bits per heavy atom. The third-order valence-electron chi connectivity index (χ3n) is 5.67. The van der Waals surface area contributed by atoms with E-state index in [2.05, 4.69) is 5.32 Å². The smallest absolute Gasteiger partial charge is 0.243 e. The highest BCUT2D eigenvalue weighted by Gasteiger charge is 2.32. The standard InChI is InChI=1S/C29H33ClN2O2/c1-21-12-8-9-15-23(21)19-27(33)32(20-24-16-10-11-17-25(24)30)26(28(34)31-29(2,3)4)18-22-13-6-5-7-14-22/h5-17,26H,18-20H2,1-4H3,(H,31,34)/t26-/m1/s1. The third-order valence-corrected chi connectivity index (χ3v) is 6.04. The minimum Gasteiger partial charge on any atom is -0.350 e. The molecule has 0 unspecified atom stereocenters. The molecule has 0 bridgehead atoms. The van der Waals surface area contributed by atoms with Crippen molar-refractivity contribution in [1.29, 1.82) is 0 Å². The molecule has 0 fully saturated rings. The topological polar surface area (TPSA) is 49.4 Å². The van der Waals surface area contributed by atoms with Gasteiger partial charge in [0.15, 0.2) is 0 Å². The Kier molecular flexibility index (Phi) is 8.51. The van der Waals surface area contributed by atoms with Crippen molar-refractivity contribution in [3.63, 3.8) is 0 Å². The van der Waals surface area contributed by atoms with E-state index in [-0.39, 0.29) is 24.8 Å². The summed E-state index contributed by atoms with van der Waals surface area (Å²) in [6.45, 7) is 8.07. The number of hydrogen-bond acceptors (Lipinski definition) is 2. The predicted octanol–water partition coefficient (Wildman–Crippen LogP) is 5.75. The van der Waals surface area contributed by atoms with Crippen molar-refractivity contribution < 1.29 is 9.59 Å². The van der Waals surface area contributed by atoms with Crippen molar-refractivity contribution in [2.24, 2.45) is 0 Å². The first-order valence-corrected chi connectivity index (χ1v) is 11.9. The average Bonchev–Trinajstić information content (AvgIpc) is 2.78. The second kappa shape index (κ2) is 11.3. The van der Waals surface area contributed by atoms with Gasteiger partial charge in [0.1, 0.15) is 6.04 Å². The van der Waals surface area contributed by atoms with Crippen LogP contribution in [-0.2, 0) is 29.0 Å². The molecule has 0 saturated heterocycles. The van der Waals surface area contributed by atoms with Gasteiger partial charge in [-0.2, -0.15) is 0 Å². The lowest BCUT2D eigenvalue weighted by Crippen LogP contribution is -2.54. The Balaban J connectivity index is 2.01. The first-order valence-electron chi connectivity index (χ1n) is 11.6. The van der Waals surface area contributed by atoms with Crippen LogP contribution in [-0.4, -0.2) is 28.3 Å². The van der Waals surface area contributed by atoms with Gasteiger partial charge in [-0.15, -0.1) is 0 Å². The highest BCUT2D eigenvalue weighted by Crippen LogP contribution is 2.22. The summed E-state index contributed by atoms with van der Waals surface area (Å²) in [5.41, 5.74) is 3.37. The molecule has 3 aromatic rings. The Labute approximate surface area is 207 Å². The van der Waals surface area contributed by atoms with E-state index < -0.39 is 11.6 Å². The van der Waals surface area contributed by atoms with E-state index in [0.29, 0.717) is 11.4 Å². The second-order valence-electron chi connectivity index (χ2n) is 9.66. The molecule has 0 aromatic heterocycles. The quantitative estimate of drug-likeness (QED) is 0.450. The second-order valence-corrected chi connectivity index (χ2v) is 10.1. The van der Waals surface area contributed by atoms with Crippen LogP contribution >= 0.6 is 11.6 Å². The lowest BCUT2D eigenvalue weighted by molar-refractivity contribution is -0.141. The summed E-state index contributed by atoms with van der Waals surface area (Å²) in [4.78, 5) is 29.0. The lowest BCUT2D eigenvalue weighted by atomic mass is 9.99. The largest absolute Gasteiger partial charge is 0.350 e. The number of hydrogen-bond donors (Lipinski definition) is 1.